The highest BCUT2D eigenvalue weighted by Crippen LogP contribution is 2.33. The molecule has 1 heteroatoms. The summed E-state index contributed by atoms with van der Waals surface area (Å²) in [5.41, 5.74) is 1.74. The number of pyridine rings is 1. The number of rotatable bonds is 6. The van der Waals surface area contributed by atoms with E-state index in [-0.39, 0.29) is 0 Å². The van der Waals surface area contributed by atoms with Gasteiger partial charge in [0.25, 0.3) is 0 Å². The molecule has 1 aromatic heterocycles. The summed E-state index contributed by atoms with van der Waals surface area (Å²) in [4.78, 5) is 4.24. The molecule has 0 saturated heterocycles. The summed E-state index contributed by atoms with van der Waals surface area (Å²) in [6, 6.07) is 4.27. The number of unbranched alkanes of at least 4 members (excludes halogenated alkanes) is 1. The first kappa shape index (κ1) is 12.2. The van der Waals surface area contributed by atoms with Crippen molar-refractivity contribution in [3.05, 3.63) is 30.1 Å². The monoisotopic (exact) mass is 205 g/mol. The van der Waals surface area contributed by atoms with E-state index in [0.717, 1.165) is 0 Å². The Kier molecular flexibility index (Phi) is 4.80. The molecule has 1 atom stereocenters. The van der Waals surface area contributed by atoms with Crippen molar-refractivity contribution in [3.63, 3.8) is 0 Å². The molecule has 0 aliphatic carbocycles. The van der Waals surface area contributed by atoms with E-state index >= 15 is 0 Å². The molecule has 0 spiro atoms. The lowest BCUT2D eigenvalue weighted by atomic mass is 9.75. The van der Waals surface area contributed by atoms with E-state index in [1.165, 1.54) is 37.7 Å². The molecule has 1 aromatic rings. The summed E-state index contributed by atoms with van der Waals surface area (Å²) in [5.74, 6) is 0. The lowest BCUT2D eigenvalue weighted by molar-refractivity contribution is 0.382. The molecular weight excluding hydrogens is 182 g/mol. The highest BCUT2D eigenvalue weighted by Gasteiger charge is 2.24. The molecule has 0 aliphatic heterocycles. The fourth-order valence-electron chi connectivity index (χ4n) is 2.25. The van der Waals surface area contributed by atoms with Gasteiger partial charge in [-0.3, -0.25) is 4.98 Å². The lowest BCUT2D eigenvalue weighted by Crippen LogP contribution is -2.21. The molecular formula is C14H23N. The molecule has 0 amide bonds. The predicted octanol–water partition coefficient (Wildman–Crippen LogP) is 4.33. The first-order valence-electron chi connectivity index (χ1n) is 6.13. The van der Waals surface area contributed by atoms with Gasteiger partial charge in [0.2, 0.25) is 0 Å². The Labute approximate surface area is 93.9 Å². The van der Waals surface area contributed by atoms with Crippen LogP contribution in [0.15, 0.2) is 24.5 Å². The molecule has 1 heterocycles. The predicted molar refractivity (Wildman–Crippen MR) is 66.0 cm³/mol. The molecule has 0 saturated carbocycles. The summed E-state index contributed by atoms with van der Waals surface area (Å²) in [5, 5.41) is 0. The summed E-state index contributed by atoms with van der Waals surface area (Å²) in [7, 11) is 0. The van der Waals surface area contributed by atoms with Gasteiger partial charge < -0.3 is 0 Å². The number of nitrogens with zero attached hydrogens (tertiary/aromatic N) is 1. The lowest BCUT2D eigenvalue weighted by Gasteiger charge is -2.29. The van der Waals surface area contributed by atoms with Crippen LogP contribution in [0.1, 0.15) is 58.4 Å². The first-order chi connectivity index (χ1) is 7.23. The van der Waals surface area contributed by atoms with Gasteiger partial charge >= 0.3 is 0 Å². The van der Waals surface area contributed by atoms with Crippen molar-refractivity contribution in [3.8, 4) is 0 Å². The molecule has 0 radical (unpaired) electrons. The van der Waals surface area contributed by atoms with Crippen molar-refractivity contribution in [1.29, 1.82) is 0 Å². The molecule has 0 aliphatic rings. The van der Waals surface area contributed by atoms with E-state index in [2.05, 4.69) is 37.9 Å². The van der Waals surface area contributed by atoms with Crippen molar-refractivity contribution < 1.29 is 0 Å². The molecule has 0 N–H and O–H groups in total. The second-order valence-electron chi connectivity index (χ2n) is 4.66. The van der Waals surface area contributed by atoms with Crippen LogP contribution < -0.4 is 0 Å². The Morgan fingerprint density at radius 2 is 2.00 bits per heavy atom. The largest absolute Gasteiger partial charge is 0.264 e. The van der Waals surface area contributed by atoms with Crippen molar-refractivity contribution in [2.24, 2.45) is 0 Å². The summed E-state index contributed by atoms with van der Waals surface area (Å²) < 4.78 is 0. The SMILES string of the molecule is CCCCC(C)(CCC)c1cccnc1. The molecule has 84 valence electrons. The Hall–Kier alpha value is -0.850. The quantitative estimate of drug-likeness (QED) is 0.673. The zero-order chi connectivity index (χ0) is 11.1. The molecule has 1 unspecified atom stereocenters. The zero-order valence-electron chi connectivity index (χ0n) is 10.3. The third-order valence-electron chi connectivity index (χ3n) is 3.24. The van der Waals surface area contributed by atoms with E-state index in [1.807, 2.05) is 12.4 Å². The maximum atomic E-state index is 4.24. The van der Waals surface area contributed by atoms with Gasteiger partial charge in [-0.2, -0.15) is 0 Å². The van der Waals surface area contributed by atoms with Gasteiger partial charge in [0.15, 0.2) is 0 Å². The minimum atomic E-state index is 0.332. The van der Waals surface area contributed by atoms with Crippen LogP contribution in [0.4, 0.5) is 0 Å². The Bertz CT molecular complexity index is 268. The van der Waals surface area contributed by atoms with Gasteiger partial charge in [0.05, 0.1) is 0 Å². The molecule has 0 fully saturated rings. The van der Waals surface area contributed by atoms with Crippen LogP contribution in [0, 0.1) is 0 Å². The van der Waals surface area contributed by atoms with Gasteiger partial charge in [-0.05, 0) is 29.9 Å². The number of hydrogen-bond acceptors (Lipinski definition) is 1. The summed E-state index contributed by atoms with van der Waals surface area (Å²) >= 11 is 0. The van der Waals surface area contributed by atoms with E-state index in [9.17, 15) is 0 Å². The van der Waals surface area contributed by atoms with Crippen LogP contribution in [0.5, 0.6) is 0 Å². The standard InChI is InChI=1S/C14H23N/c1-4-6-10-14(3,9-5-2)13-8-7-11-15-12-13/h7-8,11-12H,4-6,9-10H2,1-3H3. The van der Waals surface area contributed by atoms with Crippen molar-refractivity contribution >= 4 is 0 Å². The third kappa shape index (κ3) is 3.33. The highest BCUT2D eigenvalue weighted by atomic mass is 14.6. The second kappa shape index (κ2) is 5.89. The second-order valence-corrected chi connectivity index (χ2v) is 4.66. The van der Waals surface area contributed by atoms with Crippen LogP contribution >= 0.6 is 0 Å². The first-order valence-corrected chi connectivity index (χ1v) is 6.13. The molecule has 0 bridgehead atoms. The van der Waals surface area contributed by atoms with Crippen molar-refractivity contribution in [1.82, 2.24) is 4.98 Å². The average Bonchev–Trinajstić information content (AvgIpc) is 2.28. The van der Waals surface area contributed by atoms with Gasteiger partial charge in [0.1, 0.15) is 0 Å². The van der Waals surface area contributed by atoms with E-state index in [0.29, 0.717) is 5.41 Å². The van der Waals surface area contributed by atoms with Crippen LogP contribution in [0.3, 0.4) is 0 Å². The number of hydrogen-bond donors (Lipinski definition) is 0. The smallest absolute Gasteiger partial charge is 0.0305 e. The van der Waals surface area contributed by atoms with Gasteiger partial charge in [-0.15, -0.1) is 0 Å². The van der Waals surface area contributed by atoms with E-state index < -0.39 is 0 Å². The maximum absolute atomic E-state index is 4.24. The third-order valence-corrected chi connectivity index (χ3v) is 3.24. The maximum Gasteiger partial charge on any atom is 0.0305 e. The average molecular weight is 205 g/mol. The van der Waals surface area contributed by atoms with Crippen molar-refractivity contribution in [2.75, 3.05) is 0 Å². The van der Waals surface area contributed by atoms with Crippen molar-refractivity contribution in [2.45, 2.75) is 58.3 Å². The normalized spacial score (nSPS) is 14.9. The fraction of sp³-hybridized carbons (Fsp3) is 0.643. The van der Waals surface area contributed by atoms with Gasteiger partial charge in [-0.25, -0.2) is 0 Å². The Morgan fingerprint density at radius 1 is 1.20 bits per heavy atom. The highest BCUT2D eigenvalue weighted by molar-refractivity contribution is 5.20. The molecule has 1 nitrogen and oxygen atoms in total. The Morgan fingerprint density at radius 3 is 2.53 bits per heavy atom. The van der Waals surface area contributed by atoms with Crippen LogP contribution in [-0.2, 0) is 5.41 Å². The minimum absolute atomic E-state index is 0.332. The van der Waals surface area contributed by atoms with E-state index in [1.54, 1.807) is 0 Å². The van der Waals surface area contributed by atoms with Crippen LogP contribution in [0.25, 0.3) is 0 Å². The summed E-state index contributed by atoms with van der Waals surface area (Å²) in [6.45, 7) is 6.90. The van der Waals surface area contributed by atoms with Gasteiger partial charge in [0, 0.05) is 12.4 Å². The molecule has 15 heavy (non-hydrogen) atoms. The van der Waals surface area contributed by atoms with Gasteiger partial charge in [-0.1, -0.05) is 46.1 Å². The fourth-order valence-corrected chi connectivity index (χ4v) is 2.25. The minimum Gasteiger partial charge on any atom is -0.264 e. The topological polar surface area (TPSA) is 12.9 Å². The van der Waals surface area contributed by atoms with Crippen LogP contribution in [-0.4, -0.2) is 4.98 Å². The number of aromatic nitrogens is 1. The Balaban J connectivity index is 2.80. The zero-order valence-corrected chi connectivity index (χ0v) is 10.3. The molecule has 0 aromatic carbocycles. The van der Waals surface area contributed by atoms with Crippen LogP contribution in [0.2, 0.25) is 0 Å². The van der Waals surface area contributed by atoms with E-state index in [4.69, 9.17) is 0 Å². The summed E-state index contributed by atoms with van der Waals surface area (Å²) in [6.07, 6.45) is 10.3. The molecule has 1 rings (SSSR count).